The number of hydrogen-bond donors (Lipinski definition) is 0. The third kappa shape index (κ3) is 2.14. The molecular formula is C16H17N3O2S2. The molecule has 7 heteroatoms. The molecule has 0 saturated carbocycles. The third-order valence-corrected chi connectivity index (χ3v) is 7.37. The highest BCUT2D eigenvalue weighted by Crippen LogP contribution is 2.45. The highest BCUT2D eigenvalue weighted by atomic mass is 32.1. The second kappa shape index (κ2) is 5.03. The third-order valence-electron chi connectivity index (χ3n) is 5.29. The molecule has 0 aliphatic carbocycles. The Labute approximate surface area is 142 Å². The van der Waals surface area contributed by atoms with E-state index in [0.29, 0.717) is 12.5 Å². The predicted octanol–water partition coefficient (Wildman–Crippen LogP) is 3.29. The van der Waals surface area contributed by atoms with Crippen LogP contribution in [0, 0.1) is 5.92 Å². The van der Waals surface area contributed by atoms with Crippen LogP contribution < -0.4 is 4.90 Å². The lowest BCUT2D eigenvalue weighted by Gasteiger charge is -2.49. The van der Waals surface area contributed by atoms with Crippen LogP contribution in [0.15, 0.2) is 23.8 Å². The monoisotopic (exact) mass is 347 g/mol. The molecule has 2 aromatic heterocycles. The largest absolute Gasteiger partial charge is 0.439 e. The SMILES string of the molecule is O=C1OC2(CN3CCC2CC3)CN1c1ccc(-c2cncs2)s1. The number of piperidine rings is 3. The molecule has 23 heavy (non-hydrogen) atoms. The van der Waals surface area contributed by atoms with Gasteiger partial charge in [0.15, 0.2) is 0 Å². The summed E-state index contributed by atoms with van der Waals surface area (Å²) in [7, 11) is 0. The number of hydrogen-bond acceptors (Lipinski definition) is 6. The molecule has 2 bridgehead atoms. The van der Waals surface area contributed by atoms with Crippen LogP contribution in [0.3, 0.4) is 0 Å². The van der Waals surface area contributed by atoms with E-state index in [1.165, 1.54) is 0 Å². The van der Waals surface area contributed by atoms with Crippen molar-refractivity contribution in [2.75, 3.05) is 31.1 Å². The Balaban J connectivity index is 1.43. The standard InChI is InChI=1S/C16H17N3O2S2/c20-15-19(14-2-1-12(23-14)13-7-17-10-22-13)9-16(21-15)8-18-5-3-11(16)4-6-18/h1-2,7,10-11H,3-6,8-9H2. The number of carbonyl (C=O) groups excluding carboxylic acids is 1. The van der Waals surface area contributed by atoms with Gasteiger partial charge in [0.25, 0.3) is 0 Å². The van der Waals surface area contributed by atoms with Gasteiger partial charge in [-0.3, -0.25) is 14.8 Å². The van der Waals surface area contributed by atoms with E-state index in [1.807, 2.05) is 22.7 Å². The summed E-state index contributed by atoms with van der Waals surface area (Å²) in [5, 5.41) is 0.978. The van der Waals surface area contributed by atoms with Gasteiger partial charge in [-0.1, -0.05) is 0 Å². The molecule has 1 atom stereocenters. The topological polar surface area (TPSA) is 45.7 Å². The summed E-state index contributed by atoms with van der Waals surface area (Å²) in [6.45, 7) is 3.89. The molecule has 5 nitrogen and oxygen atoms in total. The van der Waals surface area contributed by atoms with Crippen LogP contribution >= 0.6 is 22.7 Å². The quantitative estimate of drug-likeness (QED) is 0.836. The molecule has 4 aliphatic rings. The van der Waals surface area contributed by atoms with Crippen molar-refractivity contribution in [3.05, 3.63) is 23.8 Å². The normalized spacial score (nSPS) is 32.7. The summed E-state index contributed by atoms with van der Waals surface area (Å²) in [5.74, 6) is 0.516. The van der Waals surface area contributed by atoms with E-state index >= 15 is 0 Å². The lowest BCUT2D eigenvalue weighted by atomic mass is 9.75. The number of thiazole rings is 1. The van der Waals surface area contributed by atoms with Gasteiger partial charge in [-0.15, -0.1) is 22.7 Å². The lowest BCUT2D eigenvalue weighted by molar-refractivity contribution is -0.0881. The van der Waals surface area contributed by atoms with Gasteiger partial charge in [0.2, 0.25) is 0 Å². The van der Waals surface area contributed by atoms with Crippen molar-refractivity contribution >= 4 is 33.8 Å². The van der Waals surface area contributed by atoms with Gasteiger partial charge in [0.05, 0.1) is 16.9 Å². The maximum Gasteiger partial charge on any atom is 0.415 e. The Hall–Kier alpha value is -1.44. The Kier molecular flexibility index (Phi) is 3.05. The zero-order valence-electron chi connectivity index (χ0n) is 12.6. The van der Waals surface area contributed by atoms with Crippen molar-refractivity contribution in [1.29, 1.82) is 0 Å². The molecule has 1 unspecified atom stereocenters. The number of nitrogens with zero attached hydrogens (tertiary/aromatic N) is 3. The Morgan fingerprint density at radius 1 is 1.22 bits per heavy atom. The first-order valence-electron chi connectivity index (χ1n) is 7.95. The number of amides is 1. The molecule has 0 aromatic carbocycles. The Morgan fingerprint density at radius 3 is 2.78 bits per heavy atom. The summed E-state index contributed by atoms with van der Waals surface area (Å²) < 4.78 is 5.93. The van der Waals surface area contributed by atoms with Gasteiger partial charge in [-0.2, -0.15) is 0 Å². The van der Waals surface area contributed by atoms with E-state index in [0.717, 1.165) is 47.2 Å². The first-order chi connectivity index (χ1) is 11.2. The van der Waals surface area contributed by atoms with Gasteiger partial charge >= 0.3 is 6.09 Å². The van der Waals surface area contributed by atoms with Crippen LogP contribution in [0.2, 0.25) is 0 Å². The van der Waals surface area contributed by atoms with Gasteiger partial charge in [0, 0.05) is 23.5 Å². The zero-order valence-corrected chi connectivity index (χ0v) is 14.2. The number of anilines is 1. The molecule has 1 spiro atoms. The molecule has 4 aliphatic heterocycles. The number of ether oxygens (including phenoxy) is 1. The average Bonchev–Trinajstić information content (AvgIpc) is 3.28. The second-order valence-corrected chi connectivity index (χ2v) is 8.52. The first-order valence-corrected chi connectivity index (χ1v) is 9.65. The fourth-order valence-corrected chi connectivity index (χ4v) is 5.83. The minimum Gasteiger partial charge on any atom is -0.439 e. The maximum absolute atomic E-state index is 12.5. The first kappa shape index (κ1) is 13.9. The number of carbonyl (C=O) groups is 1. The van der Waals surface area contributed by atoms with E-state index < -0.39 is 0 Å². The number of fused-ring (bicyclic) bond motifs is 2. The minimum absolute atomic E-state index is 0.184. The Morgan fingerprint density at radius 2 is 2.09 bits per heavy atom. The Bertz CT molecular complexity index is 736. The van der Waals surface area contributed by atoms with Gasteiger partial charge in [-0.25, -0.2) is 4.79 Å². The summed E-state index contributed by atoms with van der Waals surface area (Å²) >= 11 is 3.26. The molecular weight excluding hydrogens is 330 g/mol. The molecule has 0 radical (unpaired) electrons. The fraction of sp³-hybridized carbons (Fsp3) is 0.500. The van der Waals surface area contributed by atoms with E-state index in [1.54, 1.807) is 22.7 Å². The molecule has 120 valence electrons. The fourth-order valence-electron chi connectivity index (χ4n) is 4.12. The summed E-state index contributed by atoms with van der Waals surface area (Å²) in [5.41, 5.74) is 1.54. The van der Waals surface area contributed by atoms with Crippen LogP contribution in [0.25, 0.3) is 9.75 Å². The molecule has 4 fully saturated rings. The predicted molar refractivity (Wildman–Crippen MR) is 91.1 cm³/mol. The van der Waals surface area contributed by atoms with Crippen LogP contribution in [0.1, 0.15) is 12.8 Å². The summed E-state index contributed by atoms with van der Waals surface area (Å²) in [6.07, 6.45) is 3.99. The van der Waals surface area contributed by atoms with Crippen molar-refractivity contribution in [3.63, 3.8) is 0 Å². The van der Waals surface area contributed by atoms with E-state index in [4.69, 9.17) is 4.74 Å². The van der Waals surface area contributed by atoms with Crippen LogP contribution in [0.4, 0.5) is 9.80 Å². The van der Waals surface area contributed by atoms with Crippen molar-refractivity contribution in [3.8, 4) is 9.75 Å². The summed E-state index contributed by atoms with van der Waals surface area (Å²) in [4.78, 5) is 23.2. The molecule has 6 rings (SSSR count). The molecule has 1 amide bonds. The van der Waals surface area contributed by atoms with Crippen LogP contribution in [-0.4, -0.2) is 47.8 Å². The molecule has 2 aromatic rings. The van der Waals surface area contributed by atoms with Crippen LogP contribution in [0.5, 0.6) is 0 Å². The average molecular weight is 347 g/mol. The number of aromatic nitrogens is 1. The second-order valence-electron chi connectivity index (χ2n) is 6.57. The molecule has 6 heterocycles. The smallest absolute Gasteiger partial charge is 0.415 e. The van der Waals surface area contributed by atoms with Gasteiger partial charge in [0.1, 0.15) is 10.6 Å². The number of thiophene rings is 1. The van der Waals surface area contributed by atoms with Gasteiger partial charge in [-0.05, 0) is 38.1 Å². The highest BCUT2D eigenvalue weighted by Gasteiger charge is 2.55. The molecule has 4 saturated heterocycles. The maximum atomic E-state index is 12.5. The van der Waals surface area contributed by atoms with Crippen molar-refractivity contribution < 1.29 is 9.53 Å². The van der Waals surface area contributed by atoms with E-state index in [-0.39, 0.29) is 11.7 Å². The summed E-state index contributed by atoms with van der Waals surface area (Å²) in [6, 6.07) is 4.10. The molecule has 0 N–H and O–H groups in total. The van der Waals surface area contributed by atoms with Crippen molar-refractivity contribution in [2.24, 2.45) is 5.92 Å². The van der Waals surface area contributed by atoms with E-state index in [9.17, 15) is 4.79 Å². The van der Waals surface area contributed by atoms with Crippen molar-refractivity contribution in [2.45, 2.75) is 18.4 Å². The van der Waals surface area contributed by atoms with Gasteiger partial charge < -0.3 is 4.74 Å². The zero-order chi connectivity index (χ0) is 15.4. The minimum atomic E-state index is -0.289. The van der Waals surface area contributed by atoms with E-state index in [2.05, 4.69) is 16.0 Å². The lowest BCUT2D eigenvalue weighted by Crippen LogP contribution is -2.61. The highest BCUT2D eigenvalue weighted by molar-refractivity contribution is 7.23. The van der Waals surface area contributed by atoms with Crippen molar-refractivity contribution in [1.82, 2.24) is 9.88 Å². The van der Waals surface area contributed by atoms with Crippen LogP contribution in [-0.2, 0) is 4.74 Å². The number of rotatable bonds is 2.